The van der Waals surface area contributed by atoms with Crippen LogP contribution in [0.4, 0.5) is 4.39 Å². The van der Waals surface area contributed by atoms with Crippen molar-refractivity contribution in [2.75, 3.05) is 13.1 Å². The summed E-state index contributed by atoms with van der Waals surface area (Å²) in [6.07, 6.45) is 2.85. The van der Waals surface area contributed by atoms with Crippen LogP contribution in [0.3, 0.4) is 0 Å². The third kappa shape index (κ3) is 6.97. The Morgan fingerprint density at radius 2 is 1.84 bits per heavy atom. The molecule has 1 aliphatic heterocycles. The zero-order chi connectivity index (χ0) is 22.5. The number of aliphatic hydroxyl groups is 1. The minimum Gasteiger partial charge on any atom is -0.390 e. The van der Waals surface area contributed by atoms with Gasteiger partial charge in [0.05, 0.1) is 10.5 Å². The van der Waals surface area contributed by atoms with Crippen LogP contribution in [0.15, 0.2) is 53.4 Å². The first-order valence-electron chi connectivity index (χ1n) is 10.3. The third-order valence-corrected chi connectivity index (χ3v) is 7.41. The van der Waals surface area contributed by atoms with E-state index in [0.29, 0.717) is 50.1 Å². The molecule has 31 heavy (non-hydrogen) atoms. The molecule has 3 rings (SSSR count). The van der Waals surface area contributed by atoms with Crippen molar-refractivity contribution >= 4 is 21.6 Å². The quantitative estimate of drug-likeness (QED) is 0.511. The number of hydrogen-bond acceptors (Lipinski definition) is 5. The topological polar surface area (TPSA) is 89.9 Å². The standard InChI is InChI=1S/C22H28ClFN2O4S/c23-18-5-9-21(10-6-18)31(29,30)25-13-1-11-22(27)12-2-14-26(28)20(16-22)15-17-3-7-19(24)8-4-17/h3-10,20,25,27-28H,1-2,11-16H2. The van der Waals surface area contributed by atoms with Gasteiger partial charge in [-0.1, -0.05) is 23.7 Å². The summed E-state index contributed by atoms with van der Waals surface area (Å²) >= 11 is 5.80. The number of sulfonamides is 1. The zero-order valence-electron chi connectivity index (χ0n) is 17.2. The fraction of sp³-hybridized carbons (Fsp3) is 0.455. The van der Waals surface area contributed by atoms with Crippen LogP contribution in [0.1, 0.15) is 37.7 Å². The van der Waals surface area contributed by atoms with Crippen LogP contribution in [-0.4, -0.2) is 48.5 Å². The molecule has 3 N–H and O–H groups in total. The minimum absolute atomic E-state index is 0.139. The summed E-state index contributed by atoms with van der Waals surface area (Å²) in [6, 6.07) is 11.7. The molecular formula is C22H28ClFN2O4S. The number of halogens is 2. The van der Waals surface area contributed by atoms with E-state index in [1.165, 1.54) is 41.5 Å². The average Bonchev–Trinajstić information content (AvgIpc) is 2.86. The molecule has 170 valence electrons. The van der Waals surface area contributed by atoms with Crippen molar-refractivity contribution in [3.05, 3.63) is 64.9 Å². The van der Waals surface area contributed by atoms with Crippen molar-refractivity contribution in [3.8, 4) is 0 Å². The number of benzene rings is 2. The first-order valence-corrected chi connectivity index (χ1v) is 12.2. The van der Waals surface area contributed by atoms with E-state index in [1.807, 2.05) is 0 Å². The van der Waals surface area contributed by atoms with E-state index in [9.17, 15) is 23.1 Å². The highest BCUT2D eigenvalue weighted by molar-refractivity contribution is 7.89. The predicted molar refractivity (Wildman–Crippen MR) is 117 cm³/mol. The molecule has 0 spiro atoms. The van der Waals surface area contributed by atoms with Gasteiger partial charge in [-0.2, -0.15) is 5.06 Å². The molecule has 1 saturated heterocycles. The first kappa shape index (κ1) is 24.1. The highest BCUT2D eigenvalue weighted by Crippen LogP contribution is 2.31. The SMILES string of the molecule is O=S(=O)(NCCCC1(O)CCCN(O)C(Cc2ccc(F)cc2)C1)c1ccc(Cl)cc1. The lowest BCUT2D eigenvalue weighted by Gasteiger charge is -2.31. The van der Waals surface area contributed by atoms with Crippen molar-refractivity contribution < 1.29 is 23.1 Å². The minimum atomic E-state index is -3.64. The van der Waals surface area contributed by atoms with Gasteiger partial charge in [0.15, 0.2) is 0 Å². The largest absolute Gasteiger partial charge is 0.390 e. The second-order valence-electron chi connectivity index (χ2n) is 8.13. The molecule has 2 unspecified atom stereocenters. The van der Waals surface area contributed by atoms with Crippen LogP contribution >= 0.6 is 11.6 Å². The van der Waals surface area contributed by atoms with Gasteiger partial charge < -0.3 is 10.3 Å². The van der Waals surface area contributed by atoms with E-state index in [1.54, 1.807) is 12.1 Å². The number of nitrogens with zero attached hydrogens (tertiary/aromatic N) is 1. The summed E-state index contributed by atoms with van der Waals surface area (Å²) in [5, 5.41) is 23.2. The van der Waals surface area contributed by atoms with Crippen molar-refractivity contribution in [3.63, 3.8) is 0 Å². The molecule has 6 nitrogen and oxygen atoms in total. The van der Waals surface area contributed by atoms with E-state index in [4.69, 9.17) is 11.6 Å². The van der Waals surface area contributed by atoms with Gasteiger partial charge in [-0.3, -0.25) is 0 Å². The Balaban J connectivity index is 1.55. The van der Waals surface area contributed by atoms with Gasteiger partial charge in [0.1, 0.15) is 5.82 Å². The van der Waals surface area contributed by atoms with Crippen molar-refractivity contribution in [2.24, 2.45) is 0 Å². The molecule has 1 heterocycles. The smallest absolute Gasteiger partial charge is 0.240 e. The molecular weight excluding hydrogens is 443 g/mol. The maximum atomic E-state index is 13.2. The van der Waals surface area contributed by atoms with E-state index in [-0.39, 0.29) is 23.3 Å². The van der Waals surface area contributed by atoms with E-state index in [2.05, 4.69) is 4.72 Å². The molecule has 2 aromatic carbocycles. The van der Waals surface area contributed by atoms with Crippen LogP contribution in [0.2, 0.25) is 5.02 Å². The fourth-order valence-electron chi connectivity index (χ4n) is 4.02. The average molecular weight is 471 g/mol. The maximum Gasteiger partial charge on any atom is 0.240 e. The second-order valence-corrected chi connectivity index (χ2v) is 10.3. The van der Waals surface area contributed by atoms with E-state index < -0.39 is 15.6 Å². The van der Waals surface area contributed by atoms with Crippen LogP contribution < -0.4 is 4.72 Å². The Kier molecular flexibility index (Phi) is 8.07. The number of rotatable bonds is 8. The Hall–Kier alpha value is -1.55. The summed E-state index contributed by atoms with van der Waals surface area (Å²) in [5.41, 5.74) is -0.126. The van der Waals surface area contributed by atoms with Crippen molar-refractivity contribution in [2.45, 2.75) is 55.1 Å². The fourth-order valence-corrected chi connectivity index (χ4v) is 5.22. The summed E-state index contributed by atoms with van der Waals surface area (Å²) in [6.45, 7) is 0.635. The highest BCUT2D eigenvalue weighted by atomic mass is 35.5. The van der Waals surface area contributed by atoms with Crippen molar-refractivity contribution in [1.82, 2.24) is 9.79 Å². The lowest BCUT2D eigenvalue weighted by Crippen LogP contribution is -2.39. The van der Waals surface area contributed by atoms with Crippen LogP contribution in [0.5, 0.6) is 0 Å². The Labute approximate surface area is 187 Å². The highest BCUT2D eigenvalue weighted by Gasteiger charge is 2.35. The Morgan fingerprint density at radius 1 is 1.16 bits per heavy atom. The summed E-state index contributed by atoms with van der Waals surface area (Å²) in [4.78, 5) is 0.139. The second kappa shape index (κ2) is 10.4. The van der Waals surface area contributed by atoms with Gasteiger partial charge in [0.2, 0.25) is 10.0 Å². The number of hydrogen-bond donors (Lipinski definition) is 3. The van der Waals surface area contributed by atoms with Crippen LogP contribution in [0, 0.1) is 5.82 Å². The number of nitrogens with one attached hydrogen (secondary N) is 1. The summed E-state index contributed by atoms with van der Waals surface area (Å²) in [7, 11) is -3.64. The Bertz CT molecular complexity index is 956. The predicted octanol–water partition coefficient (Wildman–Crippen LogP) is 3.76. The molecule has 1 fully saturated rings. The first-order chi connectivity index (χ1) is 14.7. The molecule has 2 aromatic rings. The zero-order valence-corrected chi connectivity index (χ0v) is 18.7. The molecule has 0 bridgehead atoms. The molecule has 0 aliphatic carbocycles. The molecule has 0 radical (unpaired) electrons. The van der Waals surface area contributed by atoms with Gasteiger partial charge in [0, 0.05) is 24.2 Å². The van der Waals surface area contributed by atoms with Gasteiger partial charge in [-0.25, -0.2) is 17.5 Å². The maximum absolute atomic E-state index is 13.2. The van der Waals surface area contributed by atoms with E-state index >= 15 is 0 Å². The normalized spacial score (nSPS) is 22.9. The number of hydroxylamine groups is 2. The van der Waals surface area contributed by atoms with Crippen LogP contribution in [0.25, 0.3) is 0 Å². The molecule has 0 aromatic heterocycles. The molecule has 9 heteroatoms. The molecule has 0 amide bonds. The summed E-state index contributed by atoms with van der Waals surface area (Å²) in [5.74, 6) is -0.317. The molecule has 2 atom stereocenters. The van der Waals surface area contributed by atoms with Gasteiger partial charge in [0.25, 0.3) is 0 Å². The summed E-state index contributed by atoms with van der Waals surface area (Å²) < 4.78 is 40.5. The van der Waals surface area contributed by atoms with Crippen molar-refractivity contribution in [1.29, 1.82) is 0 Å². The van der Waals surface area contributed by atoms with Gasteiger partial charge in [-0.05, 0) is 80.5 Å². The van der Waals surface area contributed by atoms with Gasteiger partial charge >= 0.3 is 0 Å². The lowest BCUT2D eigenvalue weighted by atomic mass is 9.85. The monoisotopic (exact) mass is 470 g/mol. The molecule has 0 saturated carbocycles. The lowest BCUT2D eigenvalue weighted by molar-refractivity contribution is -0.132. The van der Waals surface area contributed by atoms with E-state index in [0.717, 1.165) is 5.56 Å². The van der Waals surface area contributed by atoms with Crippen LogP contribution in [-0.2, 0) is 16.4 Å². The van der Waals surface area contributed by atoms with Gasteiger partial charge in [-0.15, -0.1) is 0 Å². The molecule has 1 aliphatic rings. The third-order valence-electron chi connectivity index (χ3n) is 5.69. The Morgan fingerprint density at radius 3 is 2.52 bits per heavy atom.